The van der Waals surface area contributed by atoms with Crippen LogP contribution in [0.25, 0.3) is 0 Å². The summed E-state index contributed by atoms with van der Waals surface area (Å²) in [6.45, 7) is 4.16. The largest absolute Gasteiger partial charge is 0.391 e. The second-order valence-electron chi connectivity index (χ2n) is 5.84. The van der Waals surface area contributed by atoms with Gasteiger partial charge in [-0.1, -0.05) is 48.6 Å². The molecule has 1 aliphatic carbocycles. The zero-order valence-electron chi connectivity index (χ0n) is 11.5. The first-order chi connectivity index (χ1) is 8.58. The number of aliphatic hydroxyl groups excluding tert-OH is 1. The maximum atomic E-state index is 10.5. The molecule has 1 aromatic carbocycles. The van der Waals surface area contributed by atoms with Crippen LogP contribution in [0.4, 0.5) is 0 Å². The molecule has 18 heavy (non-hydrogen) atoms. The van der Waals surface area contributed by atoms with Crippen LogP contribution in [0.1, 0.15) is 54.8 Å². The molecule has 0 heterocycles. The van der Waals surface area contributed by atoms with Crippen LogP contribution in [0.15, 0.2) is 18.2 Å². The molecular weight excluding hydrogens is 222 g/mol. The summed E-state index contributed by atoms with van der Waals surface area (Å²) in [5.74, 6) is 0.384. The van der Waals surface area contributed by atoms with E-state index < -0.39 is 6.10 Å². The summed E-state index contributed by atoms with van der Waals surface area (Å²) < 4.78 is 0. The molecule has 1 fully saturated rings. The van der Waals surface area contributed by atoms with E-state index in [1.807, 2.05) is 0 Å². The highest BCUT2D eigenvalue weighted by Gasteiger charge is 2.27. The highest BCUT2D eigenvalue weighted by atomic mass is 16.3. The molecule has 1 aromatic rings. The molecule has 2 atom stereocenters. The monoisotopic (exact) mass is 247 g/mol. The Morgan fingerprint density at radius 2 is 1.61 bits per heavy atom. The Kier molecular flexibility index (Phi) is 4.41. The molecule has 3 N–H and O–H groups in total. The summed E-state index contributed by atoms with van der Waals surface area (Å²) in [6, 6.07) is 6.10. The van der Waals surface area contributed by atoms with E-state index in [-0.39, 0.29) is 6.04 Å². The van der Waals surface area contributed by atoms with Gasteiger partial charge in [0.25, 0.3) is 0 Å². The van der Waals surface area contributed by atoms with Crippen LogP contribution in [-0.4, -0.2) is 11.2 Å². The zero-order valence-corrected chi connectivity index (χ0v) is 11.5. The third-order valence-corrected chi connectivity index (χ3v) is 4.13. The van der Waals surface area contributed by atoms with E-state index in [0.29, 0.717) is 5.92 Å². The minimum Gasteiger partial charge on any atom is -0.391 e. The van der Waals surface area contributed by atoms with Gasteiger partial charge >= 0.3 is 0 Å². The number of hydrogen-bond acceptors (Lipinski definition) is 2. The first kappa shape index (κ1) is 13.6. The van der Waals surface area contributed by atoms with Gasteiger partial charge in [0.2, 0.25) is 0 Å². The van der Waals surface area contributed by atoms with Crippen molar-refractivity contribution in [1.29, 1.82) is 0 Å². The van der Waals surface area contributed by atoms with Gasteiger partial charge in [-0.15, -0.1) is 0 Å². The number of benzene rings is 1. The fraction of sp³-hybridized carbons (Fsp3) is 0.625. The van der Waals surface area contributed by atoms with Crippen molar-refractivity contribution < 1.29 is 5.11 Å². The van der Waals surface area contributed by atoms with Crippen LogP contribution in [0, 0.1) is 19.8 Å². The molecule has 0 radical (unpaired) electrons. The Hall–Kier alpha value is -0.860. The molecule has 100 valence electrons. The molecule has 0 spiro atoms. The Morgan fingerprint density at radius 1 is 1.06 bits per heavy atom. The molecule has 0 amide bonds. The fourth-order valence-corrected chi connectivity index (χ4v) is 3.17. The van der Waals surface area contributed by atoms with E-state index in [2.05, 4.69) is 32.0 Å². The molecule has 0 unspecified atom stereocenters. The van der Waals surface area contributed by atoms with Gasteiger partial charge < -0.3 is 10.8 Å². The van der Waals surface area contributed by atoms with Gasteiger partial charge in [0.05, 0.1) is 12.1 Å². The molecule has 0 saturated heterocycles. The summed E-state index contributed by atoms with van der Waals surface area (Å²) in [5.41, 5.74) is 9.77. The Labute approximate surface area is 110 Å². The van der Waals surface area contributed by atoms with Crippen molar-refractivity contribution in [3.8, 4) is 0 Å². The second-order valence-corrected chi connectivity index (χ2v) is 5.84. The highest BCUT2D eigenvalue weighted by Crippen LogP contribution is 2.31. The molecule has 0 aromatic heterocycles. The highest BCUT2D eigenvalue weighted by molar-refractivity contribution is 5.31. The molecule has 2 heteroatoms. The van der Waals surface area contributed by atoms with E-state index in [0.717, 1.165) is 18.4 Å². The number of rotatable bonds is 3. The summed E-state index contributed by atoms with van der Waals surface area (Å²) in [6.07, 6.45) is 5.63. The van der Waals surface area contributed by atoms with Crippen LogP contribution in [0.2, 0.25) is 0 Å². The third-order valence-electron chi connectivity index (χ3n) is 4.13. The summed E-state index contributed by atoms with van der Waals surface area (Å²) in [7, 11) is 0. The predicted octanol–water partition coefficient (Wildman–Crippen LogP) is 3.24. The van der Waals surface area contributed by atoms with Crippen molar-refractivity contribution in [2.24, 2.45) is 11.7 Å². The topological polar surface area (TPSA) is 46.2 Å². The van der Waals surface area contributed by atoms with Crippen LogP contribution < -0.4 is 5.73 Å². The van der Waals surface area contributed by atoms with Gasteiger partial charge in [0.15, 0.2) is 0 Å². The quantitative estimate of drug-likeness (QED) is 0.861. The standard InChI is InChI=1S/C16H25NO/c1-11-8-12(2)10-14(9-11)15(17)16(18)13-6-4-3-5-7-13/h8-10,13,15-16,18H,3-7,17H2,1-2H3/t15-,16+/m1/s1. The van der Waals surface area contributed by atoms with E-state index in [1.165, 1.54) is 30.4 Å². The molecule has 2 rings (SSSR count). The lowest BCUT2D eigenvalue weighted by atomic mass is 9.81. The molecule has 2 nitrogen and oxygen atoms in total. The Balaban J connectivity index is 2.11. The van der Waals surface area contributed by atoms with Crippen LogP contribution in [-0.2, 0) is 0 Å². The minimum absolute atomic E-state index is 0.244. The van der Waals surface area contributed by atoms with Crippen molar-refractivity contribution in [3.05, 3.63) is 34.9 Å². The van der Waals surface area contributed by atoms with E-state index in [1.54, 1.807) is 0 Å². The lowest BCUT2D eigenvalue weighted by Gasteiger charge is -2.30. The van der Waals surface area contributed by atoms with Crippen molar-refractivity contribution in [3.63, 3.8) is 0 Å². The van der Waals surface area contributed by atoms with Crippen LogP contribution in [0.5, 0.6) is 0 Å². The van der Waals surface area contributed by atoms with Crippen LogP contribution >= 0.6 is 0 Å². The average molecular weight is 247 g/mol. The third kappa shape index (κ3) is 3.12. The summed E-state index contributed by atoms with van der Waals surface area (Å²) >= 11 is 0. The van der Waals surface area contributed by atoms with E-state index in [9.17, 15) is 5.11 Å². The van der Waals surface area contributed by atoms with Crippen molar-refractivity contribution in [2.45, 2.75) is 58.1 Å². The summed E-state index contributed by atoms with van der Waals surface area (Å²) in [5, 5.41) is 10.5. The zero-order chi connectivity index (χ0) is 13.1. The minimum atomic E-state index is -0.397. The van der Waals surface area contributed by atoms with E-state index >= 15 is 0 Å². The first-order valence-corrected chi connectivity index (χ1v) is 7.10. The van der Waals surface area contributed by atoms with Gasteiger partial charge in [0, 0.05) is 0 Å². The first-order valence-electron chi connectivity index (χ1n) is 7.10. The predicted molar refractivity (Wildman–Crippen MR) is 75.4 cm³/mol. The van der Waals surface area contributed by atoms with Crippen LogP contribution in [0.3, 0.4) is 0 Å². The van der Waals surface area contributed by atoms with Crippen molar-refractivity contribution in [1.82, 2.24) is 0 Å². The number of aryl methyl sites for hydroxylation is 2. The second kappa shape index (κ2) is 5.85. The lowest BCUT2D eigenvalue weighted by Crippen LogP contribution is -2.34. The molecule has 1 saturated carbocycles. The van der Waals surface area contributed by atoms with Gasteiger partial charge in [-0.3, -0.25) is 0 Å². The van der Waals surface area contributed by atoms with Crippen molar-refractivity contribution >= 4 is 0 Å². The average Bonchev–Trinajstić information content (AvgIpc) is 2.37. The van der Waals surface area contributed by atoms with Gasteiger partial charge in [-0.25, -0.2) is 0 Å². The molecular formula is C16H25NO. The SMILES string of the molecule is Cc1cc(C)cc([C@@H](N)[C@@H](O)C2CCCCC2)c1. The normalized spacial score (nSPS) is 20.7. The number of aliphatic hydroxyl groups is 1. The van der Waals surface area contributed by atoms with Gasteiger partial charge in [-0.05, 0) is 38.2 Å². The maximum absolute atomic E-state index is 10.5. The molecule has 1 aliphatic rings. The van der Waals surface area contributed by atoms with E-state index in [4.69, 9.17) is 5.73 Å². The van der Waals surface area contributed by atoms with Gasteiger partial charge in [-0.2, -0.15) is 0 Å². The van der Waals surface area contributed by atoms with Crippen molar-refractivity contribution in [2.75, 3.05) is 0 Å². The smallest absolute Gasteiger partial charge is 0.0760 e. The molecule has 0 aliphatic heterocycles. The van der Waals surface area contributed by atoms with Gasteiger partial charge in [0.1, 0.15) is 0 Å². The fourth-order valence-electron chi connectivity index (χ4n) is 3.17. The molecule has 0 bridgehead atoms. The Morgan fingerprint density at radius 3 is 2.17 bits per heavy atom. The Bertz CT molecular complexity index is 376. The lowest BCUT2D eigenvalue weighted by molar-refractivity contribution is 0.0618. The number of hydrogen-bond donors (Lipinski definition) is 2. The summed E-state index contributed by atoms with van der Waals surface area (Å²) in [4.78, 5) is 0. The number of nitrogens with two attached hydrogens (primary N) is 1. The maximum Gasteiger partial charge on any atom is 0.0760 e.